The Bertz CT molecular complexity index is 1090. The van der Waals surface area contributed by atoms with E-state index in [1.807, 2.05) is 0 Å². The van der Waals surface area contributed by atoms with Gasteiger partial charge in [-0.15, -0.1) is 0 Å². The molecule has 5 nitrogen and oxygen atoms in total. The number of aromatic nitrogens is 2. The Morgan fingerprint density at radius 2 is 1.93 bits per heavy atom. The summed E-state index contributed by atoms with van der Waals surface area (Å²) in [5, 5.41) is 7.14. The molecule has 1 aliphatic rings. The number of anilines is 1. The van der Waals surface area contributed by atoms with Gasteiger partial charge in [-0.25, -0.2) is 0 Å². The van der Waals surface area contributed by atoms with Crippen molar-refractivity contribution in [1.82, 2.24) is 9.78 Å². The first-order chi connectivity index (χ1) is 13.2. The number of nitrogens with zero attached hydrogens (tertiary/aromatic N) is 2. The first-order valence-corrected chi connectivity index (χ1v) is 8.52. The molecule has 8 heteroatoms. The molecule has 0 atom stereocenters. The molecule has 144 valence electrons. The molecule has 0 aliphatic carbocycles. The number of halogens is 3. The average Bonchev–Trinajstić information content (AvgIpc) is 2.94. The maximum Gasteiger partial charge on any atom is 0.416 e. The highest BCUT2D eigenvalue weighted by Crippen LogP contribution is 2.40. The number of amides is 1. The summed E-state index contributed by atoms with van der Waals surface area (Å²) in [4.78, 5) is 11.6. The lowest BCUT2D eigenvalue weighted by Crippen LogP contribution is -2.25. The molecule has 28 heavy (non-hydrogen) atoms. The molecule has 0 fully saturated rings. The number of alkyl halides is 3. The second-order valence-electron chi connectivity index (χ2n) is 6.56. The zero-order valence-corrected chi connectivity index (χ0v) is 15.1. The number of carbonyl (C=O) groups is 1. The summed E-state index contributed by atoms with van der Waals surface area (Å²) in [5.41, 5.74) is 2.80. The highest BCUT2D eigenvalue weighted by Gasteiger charge is 2.31. The van der Waals surface area contributed by atoms with E-state index in [9.17, 15) is 18.0 Å². The van der Waals surface area contributed by atoms with Crippen molar-refractivity contribution in [3.63, 3.8) is 0 Å². The van der Waals surface area contributed by atoms with E-state index in [0.717, 1.165) is 12.1 Å². The van der Waals surface area contributed by atoms with Gasteiger partial charge in [-0.3, -0.25) is 9.48 Å². The van der Waals surface area contributed by atoms with Crippen LogP contribution in [0.1, 0.15) is 11.3 Å². The van der Waals surface area contributed by atoms with Crippen LogP contribution in [0.4, 0.5) is 18.9 Å². The summed E-state index contributed by atoms with van der Waals surface area (Å²) in [6.45, 7) is 1.70. The van der Waals surface area contributed by atoms with Crippen LogP contribution in [0, 0.1) is 6.92 Å². The van der Waals surface area contributed by atoms with Gasteiger partial charge in [-0.05, 0) is 42.8 Å². The van der Waals surface area contributed by atoms with Crippen LogP contribution < -0.4 is 10.1 Å². The van der Waals surface area contributed by atoms with Gasteiger partial charge in [0.1, 0.15) is 5.75 Å². The van der Waals surface area contributed by atoms with E-state index in [4.69, 9.17) is 4.74 Å². The third-order valence-corrected chi connectivity index (χ3v) is 4.59. The van der Waals surface area contributed by atoms with Gasteiger partial charge in [-0.1, -0.05) is 12.1 Å². The van der Waals surface area contributed by atoms with E-state index in [1.54, 1.807) is 42.9 Å². The first kappa shape index (κ1) is 18.1. The molecule has 4 rings (SSSR count). The van der Waals surface area contributed by atoms with Gasteiger partial charge in [0.15, 0.2) is 6.61 Å². The minimum absolute atomic E-state index is 0.0490. The first-order valence-electron chi connectivity index (χ1n) is 8.52. The number of nitrogens with one attached hydrogen (secondary N) is 1. The Balaban J connectivity index is 1.87. The molecular weight excluding hydrogens is 371 g/mol. The molecule has 0 unspecified atom stereocenters. The second-order valence-corrected chi connectivity index (χ2v) is 6.56. The van der Waals surface area contributed by atoms with Gasteiger partial charge < -0.3 is 10.1 Å². The quantitative estimate of drug-likeness (QED) is 0.709. The maximum atomic E-state index is 13.2. The number of hydrogen-bond donors (Lipinski definition) is 1. The number of benzene rings is 2. The second kappa shape index (κ2) is 6.40. The van der Waals surface area contributed by atoms with E-state index in [-0.39, 0.29) is 12.5 Å². The normalized spacial score (nSPS) is 13.7. The van der Waals surface area contributed by atoms with Crippen LogP contribution in [0.2, 0.25) is 0 Å². The number of ether oxygens (including phenoxy) is 1. The molecule has 1 aromatic heterocycles. The summed E-state index contributed by atoms with van der Waals surface area (Å²) < 4.78 is 46.5. The van der Waals surface area contributed by atoms with Gasteiger partial charge in [-0.2, -0.15) is 18.3 Å². The molecule has 2 heterocycles. The molecule has 1 N–H and O–H groups in total. The summed E-state index contributed by atoms with van der Waals surface area (Å²) in [6.07, 6.45) is -4.43. The lowest BCUT2D eigenvalue weighted by Gasteiger charge is -2.19. The molecule has 3 aromatic rings. The zero-order chi connectivity index (χ0) is 20.1. The Morgan fingerprint density at radius 3 is 2.68 bits per heavy atom. The minimum Gasteiger partial charge on any atom is -0.482 e. The molecule has 1 amide bonds. The molecule has 1 aliphatic heterocycles. The van der Waals surface area contributed by atoms with E-state index in [2.05, 4.69) is 10.4 Å². The van der Waals surface area contributed by atoms with E-state index in [0.29, 0.717) is 39.5 Å². The zero-order valence-electron chi connectivity index (χ0n) is 15.1. The largest absolute Gasteiger partial charge is 0.482 e. The Morgan fingerprint density at radius 1 is 1.14 bits per heavy atom. The topological polar surface area (TPSA) is 56.2 Å². The lowest BCUT2D eigenvalue weighted by molar-refractivity contribution is -0.137. The number of carbonyl (C=O) groups excluding carboxylic acids is 1. The fourth-order valence-electron chi connectivity index (χ4n) is 3.42. The third kappa shape index (κ3) is 3.11. The van der Waals surface area contributed by atoms with Gasteiger partial charge in [0, 0.05) is 18.2 Å². The minimum atomic E-state index is -4.43. The molecule has 0 radical (unpaired) electrons. The van der Waals surface area contributed by atoms with Gasteiger partial charge in [0.05, 0.1) is 22.6 Å². The average molecular weight is 387 g/mol. The van der Waals surface area contributed by atoms with Crippen molar-refractivity contribution < 1.29 is 22.7 Å². The van der Waals surface area contributed by atoms with Crippen LogP contribution in [0.3, 0.4) is 0 Å². The Labute approximate surface area is 158 Å². The highest BCUT2D eigenvalue weighted by atomic mass is 19.4. The van der Waals surface area contributed by atoms with E-state index >= 15 is 0 Å². The molecule has 0 spiro atoms. The van der Waals surface area contributed by atoms with Crippen LogP contribution in [-0.4, -0.2) is 22.3 Å². The summed E-state index contributed by atoms with van der Waals surface area (Å²) in [7, 11) is 1.73. The molecule has 0 bridgehead atoms. The van der Waals surface area contributed by atoms with Gasteiger partial charge >= 0.3 is 6.18 Å². The Kier molecular flexibility index (Phi) is 4.14. The highest BCUT2D eigenvalue weighted by molar-refractivity contribution is 5.96. The number of fused-ring (bicyclic) bond motifs is 1. The lowest BCUT2D eigenvalue weighted by atomic mass is 9.97. The number of hydrogen-bond acceptors (Lipinski definition) is 3. The predicted molar refractivity (Wildman–Crippen MR) is 97.9 cm³/mol. The van der Waals surface area contributed by atoms with Crippen LogP contribution in [0.25, 0.3) is 22.4 Å². The fraction of sp³-hybridized carbons (Fsp3) is 0.200. The maximum absolute atomic E-state index is 13.2. The van der Waals surface area contributed by atoms with Crippen molar-refractivity contribution in [2.75, 3.05) is 11.9 Å². The molecular formula is C20H16F3N3O2. The van der Waals surface area contributed by atoms with Crippen molar-refractivity contribution in [3.05, 3.63) is 53.7 Å². The van der Waals surface area contributed by atoms with Crippen LogP contribution in [0.15, 0.2) is 42.5 Å². The summed E-state index contributed by atoms with van der Waals surface area (Å²) in [6, 6.07) is 10.4. The Hall–Kier alpha value is -3.29. The predicted octanol–water partition coefficient (Wildman–Crippen LogP) is 4.41. The smallest absolute Gasteiger partial charge is 0.416 e. The standard InChI is InChI=1S/C20H16F3N3O2/c1-11-18(12-4-3-5-14(8-12)20(21,22)23)19(26(2)25-11)13-6-7-16-15(9-13)24-17(27)10-28-16/h3-9H,10H2,1-2H3,(H,24,27). The number of aryl methyl sites for hydroxylation is 2. The summed E-state index contributed by atoms with van der Waals surface area (Å²) in [5.74, 6) is 0.284. The molecule has 0 saturated heterocycles. The van der Waals surface area contributed by atoms with E-state index < -0.39 is 11.7 Å². The van der Waals surface area contributed by atoms with Crippen LogP contribution >= 0.6 is 0 Å². The van der Waals surface area contributed by atoms with Crippen molar-refractivity contribution in [2.45, 2.75) is 13.1 Å². The van der Waals surface area contributed by atoms with Gasteiger partial charge in [0.25, 0.3) is 5.91 Å². The SMILES string of the molecule is Cc1nn(C)c(-c2ccc3c(c2)NC(=O)CO3)c1-c1cccc(C(F)(F)F)c1. The molecule has 2 aromatic carbocycles. The van der Waals surface area contributed by atoms with Crippen LogP contribution in [0.5, 0.6) is 5.75 Å². The van der Waals surface area contributed by atoms with Gasteiger partial charge in [0.2, 0.25) is 0 Å². The molecule has 0 saturated carbocycles. The van der Waals surface area contributed by atoms with Crippen molar-refractivity contribution in [2.24, 2.45) is 7.05 Å². The fourth-order valence-corrected chi connectivity index (χ4v) is 3.42. The monoisotopic (exact) mass is 387 g/mol. The van der Waals surface area contributed by atoms with Crippen LogP contribution in [-0.2, 0) is 18.0 Å². The number of rotatable bonds is 2. The third-order valence-electron chi connectivity index (χ3n) is 4.59. The summed E-state index contributed by atoms with van der Waals surface area (Å²) >= 11 is 0. The van der Waals surface area contributed by atoms with E-state index in [1.165, 1.54) is 6.07 Å². The van der Waals surface area contributed by atoms with Crippen molar-refractivity contribution >= 4 is 11.6 Å². The van der Waals surface area contributed by atoms with Crippen molar-refractivity contribution in [1.29, 1.82) is 0 Å². The van der Waals surface area contributed by atoms with Crippen molar-refractivity contribution in [3.8, 4) is 28.1 Å².